The summed E-state index contributed by atoms with van der Waals surface area (Å²) in [6, 6.07) is 3.74. The second kappa shape index (κ2) is 7.32. The topological polar surface area (TPSA) is 84.7 Å². The van der Waals surface area contributed by atoms with E-state index >= 15 is 0 Å². The largest absolute Gasteiger partial charge is 0.365 e. The van der Waals surface area contributed by atoms with Gasteiger partial charge in [-0.15, -0.1) is 10.2 Å². The van der Waals surface area contributed by atoms with E-state index in [1.54, 1.807) is 36.3 Å². The highest BCUT2D eigenvalue weighted by molar-refractivity contribution is 6.43. The number of nitrogens with zero attached hydrogens (tertiary/aromatic N) is 4. The van der Waals surface area contributed by atoms with E-state index in [9.17, 15) is 4.79 Å². The normalized spacial score (nSPS) is 14.6. The summed E-state index contributed by atoms with van der Waals surface area (Å²) in [7, 11) is 1.77. The van der Waals surface area contributed by atoms with E-state index in [4.69, 9.17) is 23.2 Å². The first kappa shape index (κ1) is 18.0. The molecule has 1 amide bonds. The van der Waals surface area contributed by atoms with Crippen LogP contribution < -0.4 is 10.6 Å². The standard InChI is InChI=1S/C18H18Cl2N6O/c1-26-9-11(8-21-26)23-18(27)16-12-6-14(19)15(20)7-13(12)17(25-24-16)22-10-4-2-3-5-10/h6-10H,2-5H2,1H3,(H,22,25)(H,23,27). The summed E-state index contributed by atoms with van der Waals surface area (Å²) in [5, 5.41) is 20.8. The van der Waals surface area contributed by atoms with Gasteiger partial charge in [0.1, 0.15) is 0 Å². The Morgan fingerprint density at radius 3 is 2.52 bits per heavy atom. The number of aryl methyl sites for hydroxylation is 1. The van der Waals surface area contributed by atoms with Gasteiger partial charge in [-0.3, -0.25) is 9.48 Å². The van der Waals surface area contributed by atoms with Crippen LogP contribution in [0.15, 0.2) is 24.5 Å². The Balaban J connectivity index is 1.74. The first-order valence-corrected chi connectivity index (χ1v) is 9.49. The summed E-state index contributed by atoms with van der Waals surface area (Å²) in [5.74, 6) is 0.236. The lowest BCUT2D eigenvalue weighted by atomic mass is 10.1. The third-order valence-corrected chi connectivity index (χ3v) is 5.42. The number of benzene rings is 1. The Morgan fingerprint density at radius 1 is 1.15 bits per heavy atom. The minimum absolute atomic E-state index is 0.185. The van der Waals surface area contributed by atoms with Crippen molar-refractivity contribution in [3.05, 3.63) is 40.3 Å². The fraction of sp³-hybridized carbons (Fsp3) is 0.333. The minimum atomic E-state index is -0.383. The Morgan fingerprint density at radius 2 is 1.85 bits per heavy atom. The van der Waals surface area contributed by atoms with Crippen molar-refractivity contribution in [3.8, 4) is 0 Å². The zero-order chi connectivity index (χ0) is 19.0. The molecule has 1 aromatic carbocycles. The van der Waals surface area contributed by atoms with Gasteiger partial charge in [-0.25, -0.2) is 0 Å². The fourth-order valence-electron chi connectivity index (χ4n) is 3.36. The van der Waals surface area contributed by atoms with Gasteiger partial charge in [0.25, 0.3) is 5.91 Å². The van der Waals surface area contributed by atoms with E-state index in [1.165, 1.54) is 12.8 Å². The van der Waals surface area contributed by atoms with E-state index in [1.807, 2.05) is 0 Å². The van der Waals surface area contributed by atoms with Crippen LogP contribution in [0.5, 0.6) is 0 Å². The molecule has 1 aliphatic rings. The number of amides is 1. The molecule has 3 aromatic rings. The van der Waals surface area contributed by atoms with Crippen molar-refractivity contribution in [2.45, 2.75) is 31.7 Å². The van der Waals surface area contributed by atoms with Gasteiger partial charge in [-0.1, -0.05) is 36.0 Å². The fourth-order valence-corrected chi connectivity index (χ4v) is 3.69. The molecule has 0 radical (unpaired) electrons. The second-order valence-corrected chi connectivity index (χ2v) is 7.51. The van der Waals surface area contributed by atoms with Crippen molar-refractivity contribution in [1.82, 2.24) is 20.0 Å². The smallest absolute Gasteiger partial charge is 0.276 e. The summed E-state index contributed by atoms with van der Waals surface area (Å²) in [6.45, 7) is 0. The zero-order valence-corrected chi connectivity index (χ0v) is 16.2. The van der Waals surface area contributed by atoms with Crippen LogP contribution >= 0.6 is 23.2 Å². The number of carbonyl (C=O) groups excluding carboxylic acids is 1. The average Bonchev–Trinajstić information content (AvgIpc) is 3.28. The van der Waals surface area contributed by atoms with Gasteiger partial charge in [0.05, 0.1) is 21.9 Å². The SMILES string of the molecule is Cn1cc(NC(=O)c2nnc(NC3CCCC3)c3cc(Cl)c(Cl)cc23)cn1. The lowest BCUT2D eigenvalue weighted by Crippen LogP contribution is -2.19. The van der Waals surface area contributed by atoms with Crippen LogP contribution in [0.25, 0.3) is 10.8 Å². The molecule has 0 aliphatic heterocycles. The van der Waals surface area contributed by atoms with Crippen molar-refractivity contribution in [2.24, 2.45) is 7.05 Å². The van der Waals surface area contributed by atoms with Gasteiger partial charge >= 0.3 is 0 Å². The first-order chi connectivity index (χ1) is 13.0. The summed E-state index contributed by atoms with van der Waals surface area (Å²) in [4.78, 5) is 12.7. The molecule has 0 bridgehead atoms. The van der Waals surface area contributed by atoms with Crippen molar-refractivity contribution in [1.29, 1.82) is 0 Å². The molecule has 0 saturated heterocycles. The maximum atomic E-state index is 12.7. The molecular weight excluding hydrogens is 387 g/mol. The molecular formula is C18H18Cl2N6O. The average molecular weight is 405 g/mol. The van der Waals surface area contributed by atoms with Crippen molar-refractivity contribution in [3.63, 3.8) is 0 Å². The number of hydrogen-bond acceptors (Lipinski definition) is 5. The number of aromatic nitrogens is 4. The molecule has 0 unspecified atom stereocenters. The number of fused-ring (bicyclic) bond motifs is 1. The highest BCUT2D eigenvalue weighted by atomic mass is 35.5. The van der Waals surface area contributed by atoms with Crippen molar-refractivity contribution < 1.29 is 4.79 Å². The van der Waals surface area contributed by atoms with Crippen molar-refractivity contribution in [2.75, 3.05) is 10.6 Å². The van der Waals surface area contributed by atoms with Gasteiger partial charge in [0.15, 0.2) is 11.5 Å². The monoisotopic (exact) mass is 404 g/mol. The molecule has 9 heteroatoms. The number of anilines is 2. The maximum Gasteiger partial charge on any atom is 0.276 e. The summed E-state index contributed by atoms with van der Waals surface area (Å²) >= 11 is 12.4. The van der Waals surface area contributed by atoms with E-state index in [0.717, 1.165) is 18.2 Å². The lowest BCUT2D eigenvalue weighted by Gasteiger charge is -2.15. The predicted octanol–water partition coefficient (Wildman–Crippen LogP) is 4.28. The van der Waals surface area contributed by atoms with Crippen LogP contribution in [0.3, 0.4) is 0 Å². The third kappa shape index (κ3) is 3.70. The van der Waals surface area contributed by atoms with Crippen LogP contribution in [0.4, 0.5) is 11.5 Å². The number of halogens is 2. The Labute approximate surface area is 166 Å². The van der Waals surface area contributed by atoms with Gasteiger partial charge < -0.3 is 10.6 Å². The van der Waals surface area contributed by atoms with Gasteiger partial charge in [-0.05, 0) is 25.0 Å². The van der Waals surface area contributed by atoms with Gasteiger partial charge in [0, 0.05) is 30.1 Å². The van der Waals surface area contributed by atoms with Crippen LogP contribution in [0.2, 0.25) is 10.0 Å². The minimum Gasteiger partial charge on any atom is -0.365 e. The van der Waals surface area contributed by atoms with Crippen LogP contribution in [0, 0.1) is 0 Å². The van der Waals surface area contributed by atoms with Crippen molar-refractivity contribution >= 4 is 51.4 Å². The predicted molar refractivity (Wildman–Crippen MR) is 107 cm³/mol. The number of nitrogens with one attached hydrogen (secondary N) is 2. The second-order valence-electron chi connectivity index (χ2n) is 6.69. The number of hydrogen-bond donors (Lipinski definition) is 2. The molecule has 1 fully saturated rings. The molecule has 0 atom stereocenters. The molecule has 27 heavy (non-hydrogen) atoms. The third-order valence-electron chi connectivity index (χ3n) is 4.69. The molecule has 1 aliphatic carbocycles. The Hall–Kier alpha value is -2.38. The lowest BCUT2D eigenvalue weighted by molar-refractivity contribution is 0.102. The number of carbonyl (C=O) groups is 1. The van der Waals surface area contributed by atoms with Gasteiger partial charge in [-0.2, -0.15) is 5.10 Å². The number of rotatable bonds is 4. The summed E-state index contributed by atoms with van der Waals surface area (Å²) in [5.41, 5.74) is 0.759. The molecule has 1 saturated carbocycles. The molecule has 2 N–H and O–H groups in total. The summed E-state index contributed by atoms with van der Waals surface area (Å²) in [6.07, 6.45) is 7.84. The molecule has 4 rings (SSSR count). The highest BCUT2D eigenvalue weighted by Crippen LogP contribution is 2.33. The van der Waals surface area contributed by atoms with E-state index < -0.39 is 0 Å². The molecule has 2 heterocycles. The Kier molecular flexibility index (Phi) is 4.88. The van der Waals surface area contributed by atoms with E-state index in [-0.39, 0.29) is 11.6 Å². The first-order valence-electron chi connectivity index (χ1n) is 8.73. The molecule has 2 aromatic heterocycles. The Bertz CT molecular complexity index is 1010. The van der Waals surface area contributed by atoms with Crippen LogP contribution in [0.1, 0.15) is 36.2 Å². The molecule has 7 nitrogen and oxygen atoms in total. The zero-order valence-electron chi connectivity index (χ0n) is 14.7. The summed E-state index contributed by atoms with van der Waals surface area (Å²) < 4.78 is 1.60. The molecule has 140 valence electrons. The van der Waals surface area contributed by atoms with Crippen LogP contribution in [-0.4, -0.2) is 31.9 Å². The van der Waals surface area contributed by atoms with Gasteiger partial charge in [0.2, 0.25) is 0 Å². The molecule has 0 spiro atoms. The quantitative estimate of drug-likeness (QED) is 0.677. The van der Waals surface area contributed by atoms with Crippen LogP contribution in [-0.2, 0) is 7.05 Å². The maximum absolute atomic E-state index is 12.7. The highest BCUT2D eigenvalue weighted by Gasteiger charge is 2.21. The van der Waals surface area contributed by atoms with E-state index in [2.05, 4.69) is 25.9 Å². The van der Waals surface area contributed by atoms with E-state index in [0.29, 0.717) is 33.0 Å².